The molecule has 0 aliphatic carbocycles. The van der Waals surface area contributed by atoms with Crippen LogP contribution in [0.25, 0.3) is 0 Å². The van der Waals surface area contributed by atoms with Crippen molar-refractivity contribution < 1.29 is 9.53 Å². The molecule has 0 N–H and O–H groups in total. The second-order valence-electron chi connectivity index (χ2n) is 4.71. The van der Waals surface area contributed by atoms with E-state index < -0.39 is 0 Å². The number of hydrogen-bond donors (Lipinski definition) is 0. The molecule has 0 aromatic heterocycles. The van der Waals surface area contributed by atoms with Gasteiger partial charge in [-0.2, -0.15) is 0 Å². The van der Waals surface area contributed by atoms with Gasteiger partial charge in [-0.1, -0.05) is 31.5 Å². The van der Waals surface area contributed by atoms with Crippen molar-refractivity contribution in [1.29, 1.82) is 0 Å². The second-order valence-corrected chi connectivity index (χ2v) is 4.71. The van der Waals surface area contributed by atoms with Crippen molar-refractivity contribution in [2.75, 3.05) is 6.61 Å². The van der Waals surface area contributed by atoms with Crippen LogP contribution in [-0.2, 0) is 11.2 Å². The minimum Gasteiger partial charge on any atom is -0.378 e. The third-order valence-corrected chi connectivity index (χ3v) is 3.22. The predicted molar refractivity (Wildman–Crippen MR) is 68.4 cm³/mol. The first kappa shape index (κ1) is 12.3. The molecule has 0 saturated carbocycles. The molecule has 1 aromatic rings. The maximum absolute atomic E-state index is 12.1. The molecule has 1 unspecified atom stereocenters. The van der Waals surface area contributed by atoms with E-state index in [2.05, 4.69) is 13.0 Å². The van der Waals surface area contributed by atoms with Gasteiger partial charge < -0.3 is 4.74 Å². The van der Waals surface area contributed by atoms with Crippen molar-refractivity contribution in [2.24, 2.45) is 0 Å². The number of ketones is 1. The number of carbonyl (C=O) groups excluding carboxylic acids is 1. The zero-order valence-corrected chi connectivity index (χ0v) is 10.4. The predicted octanol–water partition coefficient (Wildman–Crippen LogP) is 3.39. The third-order valence-electron chi connectivity index (χ3n) is 3.22. The Kier molecular flexibility index (Phi) is 4.32. The van der Waals surface area contributed by atoms with E-state index in [1.807, 2.05) is 18.2 Å². The van der Waals surface area contributed by atoms with Gasteiger partial charge in [-0.15, -0.1) is 0 Å². The molecule has 0 spiro atoms. The summed E-state index contributed by atoms with van der Waals surface area (Å²) in [6, 6.07) is 8.01. The Balaban J connectivity index is 1.99. The summed E-state index contributed by atoms with van der Waals surface area (Å²) in [5, 5.41) is 0. The zero-order valence-electron chi connectivity index (χ0n) is 10.4. The van der Waals surface area contributed by atoms with Crippen LogP contribution in [0.4, 0.5) is 0 Å². The lowest BCUT2D eigenvalue weighted by Crippen LogP contribution is -2.12. The molecule has 1 aliphatic rings. The van der Waals surface area contributed by atoms with Gasteiger partial charge in [-0.3, -0.25) is 4.79 Å². The molecule has 2 nitrogen and oxygen atoms in total. The molecule has 92 valence electrons. The van der Waals surface area contributed by atoms with E-state index in [0.717, 1.165) is 37.9 Å². The molecular weight excluding hydrogens is 212 g/mol. The van der Waals surface area contributed by atoms with Crippen LogP contribution in [-0.4, -0.2) is 18.5 Å². The van der Waals surface area contributed by atoms with Crippen LogP contribution < -0.4 is 0 Å². The van der Waals surface area contributed by atoms with Crippen LogP contribution in [0.3, 0.4) is 0 Å². The largest absolute Gasteiger partial charge is 0.378 e. The summed E-state index contributed by atoms with van der Waals surface area (Å²) in [6.07, 6.45) is 4.96. The number of carbonyl (C=O) groups is 1. The molecule has 0 radical (unpaired) electrons. The molecule has 0 bridgehead atoms. The normalized spacial score (nSPS) is 19.5. The Labute approximate surface area is 103 Å². The highest BCUT2D eigenvalue weighted by atomic mass is 16.5. The summed E-state index contributed by atoms with van der Waals surface area (Å²) >= 11 is 0. The van der Waals surface area contributed by atoms with E-state index in [9.17, 15) is 4.79 Å². The minimum atomic E-state index is 0.150. The van der Waals surface area contributed by atoms with Crippen LogP contribution in [0.1, 0.15) is 48.5 Å². The SMILES string of the molecule is CCCc1cccc(C(=O)CC2CCCO2)c1. The topological polar surface area (TPSA) is 26.3 Å². The second kappa shape index (κ2) is 5.97. The molecule has 2 rings (SSSR count). The van der Waals surface area contributed by atoms with Gasteiger partial charge in [0.15, 0.2) is 5.78 Å². The standard InChI is InChI=1S/C15H20O2/c1-2-5-12-6-3-7-13(10-12)15(16)11-14-8-4-9-17-14/h3,6-7,10,14H,2,4-5,8-9,11H2,1H3. The fraction of sp³-hybridized carbons (Fsp3) is 0.533. The van der Waals surface area contributed by atoms with Gasteiger partial charge in [-0.25, -0.2) is 0 Å². The number of Topliss-reactive ketones (excluding diaryl/α,β-unsaturated/α-hetero) is 1. The van der Waals surface area contributed by atoms with Gasteiger partial charge >= 0.3 is 0 Å². The number of aryl methyl sites for hydroxylation is 1. The Morgan fingerprint density at radius 3 is 3.06 bits per heavy atom. The van der Waals surface area contributed by atoms with Crippen molar-refractivity contribution in [3.05, 3.63) is 35.4 Å². The molecule has 17 heavy (non-hydrogen) atoms. The van der Waals surface area contributed by atoms with Crippen LogP contribution in [0, 0.1) is 0 Å². The van der Waals surface area contributed by atoms with Gasteiger partial charge in [0.2, 0.25) is 0 Å². The van der Waals surface area contributed by atoms with Crippen LogP contribution in [0.15, 0.2) is 24.3 Å². The summed E-state index contributed by atoms with van der Waals surface area (Å²) in [7, 11) is 0. The lowest BCUT2D eigenvalue weighted by molar-refractivity contribution is 0.0775. The van der Waals surface area contributed by atoms with Crippen molar-refractivity contribution in [3.63, 3.8) is 0 Å². The minimum absolute atomic E-state index is 0.150. The molecular formula is C15H20O2. The first-order valence-corrected chi connectivity index (χ1v) is 6.53. The van der Waals surface area contributed by atoms with Gasteiger partial charge in [-0.05, 0) is 30.9 Å². The van der Waals surface area contributed by atoms with Gasteiger partial charge in [0, 0.05) is 18.6 Å². The zero-order chi connectivity index (χ0) is 12.1. The quantitative estimate of drug-likeness (QED) is 0.727. The highest BCUT2D eigenvalue weighted by molar-refractivity contribution is 5.96. The first-order valence-electron chi connectivity index (χ1n) is 6.53. The molecule has 1 heterocycles. The van der Waals surface area contributed by atoms with E-state index in [-0.39, 0.29) is 11.9 Å². The Bertz CT molecular complexity index is 378. The maximum Gasteiger partial charge on any atom is 0.165 e. The van der Waals surface area contributed by atoms with E-state index in [4.69, 9.17) is 4.74 Å². The average molecular weight is 232 g/mol. The number of benzene rings is 1. The Hall–Kier alpha value is -1.15. The lowest BCUT2D eigenvalue weighted by atomic mass is 10.0. The van der Waals surface area contributed by atoms with Crippen molar-refractivity contribution in [3.8, 4) is 0 Å². The van der Waals surface area contributed by atoms with Gasteiger partial charge in [0.1, 0.15) is 0 Å². The molecule has 1 fully saturated rings. The van der Waals surface area contributed by atoms with Crippen molar-refractivity contribution in [2.45, 2.75) is 45.1 Å². The first-order chi connectivity index (χ1) is 8.29. The molecule has 1 aliphatic heterocycles. The maximum atomic E-state index is 12.1. The highest BCUT2D eigenvalue weighted by Gasteiger charge is 2.19. The number of hydrogen-bond acceptors (Lipinski definition) is 2. The summed E-state index contributed by atoms with van der Waals surface area (Å²) in [4.78, 5) is 12.1. The number of rotatable bonds is 5. The average Bonchev–Trinajstić information content (AvgIpc) is 2.83. The smallest absolute Gasteiger partial charge is 0.165 e. The molecule has 1 aromatic carbocycles. The van der Waals surface area contributed by atoms with Crippen LogP contribution in [0.2, 0.25) is 0 Å². The highest BCUT2D eigenvalue weighted by Crippen LogP contribution is 2.18. The van der Waals surface area contributed by atoms with Crippen LogP contribution >= 0.6 is 0 Å². The van der Waals surface area contributed by atoms with Gasteiger partial charge in [0.25, 0.3) is 0 Å². The molecule has 0 amide bonds. The number of ether oxygens (including phenoxy) is 1. The summed E-state index contributed by atoms with van der Waals surface area (Å²) < 4.78 is 5.50. The Morgan fingerprint density at radius 2 is 2.35 bits per heavy atom. The molecule has 1 atom stereocenters. The van der Waals surface area contributed by atoms with E-state index in [1.54, 1.807) is 0 Å². The van der Waals surface area contributed by atoms with Crippen LogP contribution in [0.5, 0.6) is 0 Å². The monoisotopic (exact) mass is 232 g/mol. The fourth-order valence-corrected chi connectivity index (χ4v) is 2.32. The summed E-state index contributed by atoms with van der Waals surface area (Å²) in [6.45, 7) is 2.97. The summed E-state index contributed by atoms with van der Waals surface area (Å²) in [5.74, 6) is 0.217. The van der Waals surface area contributed by atoms with E-state index >= 15 is 0 Å². The molecule has 1 saturated heterocycles. The fourth-order valence-electron chi connectivity index (χ4n) is 2.32. The van der Waals surface area contributed by atoms with E-state index in [1.165, 1.54) is 5.56 Å². The Morgan fingerprint density at radius 1 is 1.47 bits per heavy atom. The third kappa shape index (κ3) is 3.40. The van der Waals surface area contributed by atoms with Gasteiger partial charge in [0.05, 0.1) is 6.10 Å². The van der Waals surface area contributed by atoms with E-state index in [0.29, 0.717) is 6.42 Å². The molecule has 2 heteroatoms. The van der Waals surface area contributed by atoms with Crippen molar-refractivity contribution >= 4 is 5.78 Å². The van der Waals surface area contributed by atoms with Crippen molar-refractivity contribution in [1.82, 2.24) is 0 Å². The lowest BCUT2D eigenvalue weighted by Gasteiger charge is -2.09. The summed E-state index contributed by atoms with van der Waals surface area (Å²) in [5.41, 5.74) is 2.09.